The molecule has 0 aliphatic rings. The molecule has 9 nitrogen and oxygen atoms in total. The highest BCUT2D eigenvalue weighted by atomic mass is 32.2. The smallest absolute Gasteiger partial charge is 0.270 e. The minimum Gasteiger partial charge on any atom is -0.396 e. The normalized spacial score (nSPS) is 14.8. The van der Waals surface area contributed by atoms with Crippen molar-refractivity contribution >= 4 is 20.2 Å². The summed E-state index contributed by atoms with van der Waals surface area (Å²) in [5.41, 5.74) is 0. The quantitative estimate of drug-likeness (QED) is 0.256. The van der Waals surface area contributed by atoms with Crippen molar-refractivity contribution in [2.75, 3.05) is 25.6 Å². The Hall–Kier alpha value is -0.300. The molecular weight excluding hydrogens is 304 g/mol. The molecule has 4 N–H and O–H groups in total. The molecular formula is C8H18O9S2. The van der Waals surface area contributed by atoms with Gasteiger partial charge < -0.3 is 15.3 Å². The Morgan fingerprint density at radius 2 is 1.47 bits per heavy atom. The van der Waals surface area contributed by atoms with Crippen LogP contribution in [-0.4, -0.2) is 73.6 Å². The van der Waals surface area contributed by atoms with Gasteiger partial charge in [-0.05, 0) is 12.8 Å². The lowest BCUT2D eigenvalue weighted by atomic mass is 10.2. The molecule has 0 heterocycles. The van der Waals surface area contributed by atoms with E-state index in [1.165, 1.54) is 0 Å². The zero-order valence-electron chi connectivity index (χ0n) is 10.0. The number of hydrogen-bond donors (Lipinski definition) is 4. The Balaban J connectivity index is 4.50. The van der Waals surface area contributed by atoms with Crippen molar-refractivity contribution in [3.05, 3.63) is 0 Å². The summed E-state index contributed by atoms with van der Waals surface area (Å²) in [4.78, 5) is 0. The van der Waals surface area contributed by atoms with Crippen molar-refractivity contribution in [3.63, 3.8) is 0 Å². The lowest BCUT2D eigenvalue weighted by Gasteiger charge is -2.16. The largest absolute Gasteiger partial charge is 0.396 e. The molecule has 116 valence electrons. The van der Waals surface area contributed by atoms with Gasteiger partial charge in [0.1, 0.15) is 5.75 Å². The SMILES string of the molecule is O=S(=O)(O)CC(O)COS(=O)(=O)C(CCO)CCO. The van der Waals surface area contributed by atoms with Crippen LogP contribution in [0.15, 0.2) is 0 Å². The summed E-state index contributed by atoms with van der Waals surface area (Å²) in [6, 6.07) is 0. The van der Waals surface area contributed by atoms with Crippen molar-refractivity contribution in [3.8, 4) is 0 Å². The Labute approximate surface area is 111 Å². The van der Waals surface area contributed by atoms with E-state index in [0.29, 0.717) is 0 Å². The Kier molecular flexibility index (Phi) is 7.96. The van der Waals surface area contributed by atoms with Gasteiger partial charge in [-0.2, -0.15) is 16.8 Å². The van der Waals surface area contributed by atoms with E-state index in [1.807, 2.05) is 0 Å². The van der Waals surface area contributed by atoms with E-state index in [9.17, 15) is 16.8 Å². The first-order valence-corrected chi connectivity index (χ1v) is 8.43. The van der Waals surface area contributed by atoms with Crippen LogP contribution in [0.1, 0.15) is 12.8 Å². The van der Waals surface area contributed by atoms with Crippen LogP contribution in [0.25, 0.3) is 0 Å². The van der Waals surface area contributed by atoms with Crippen LogP contribution in [-0.2, 0) is 24.4 Å². The van der Waals surface area contributed by atoms with Gasteiger partial charge in [0, 0.05) is 13.2 Å². The molecule has 0 saturated carbocycles. The van der Waals surface area contributed by atoms with Gasteiger partial charge >= 0.3 is 0 Å². The van der Waals surface area contributed by atoms with E-state index in [4.69, 9.17) is 19.9 Å². The zero-order chi connectivity index (χ0) is 15.1. The van der Waals surface area contributed by atoms with Crippen LogP contribution in [0, 0.1) is 0 Å². The summed E-state index contributed by atoms with van der Waals surface area (Å²) in [7, 11) is -8.59. The molecule has 0 saturated heterocycles. The van der Waals surface area contributed by atoms with Gasteiger partial charge in [-0.1, -0.05) is 0 Å². The summed E-state index contributed by atoms with van der Waals surface area (Å²) < 4.78 is 57.0. The van der Waals surface area contributed by atoms with Crippen molar-refractivity contribution in [2.24, 2.45) is 0 Å². The van der Waals surface area contributed by atoms with E-state index in [1.54, 1.807) is 0 Å². The predicted octanol–water partition coefficient (Wildman–Crippen LogP) is -2.29. The van der Waals surface area contributed by atoms with Gasteiger partial charge in [0.15, 0.2) is 0 Å². The van der Waals surface area contributed by atoms with E-state index >= 15 is 0 Å². The van der Waals surface area contributed by atoms with Crippen LogP contribution in [0.4, 0.5) is 0 Å². The molecule has 0 bridgehead atoms. The lowest BCUT2D eigenvalue weighted by Crippen LogP contribution is -2.31. The fourth-order valence-corrected chi connectivity index (χ4v) is 3.19. The second kappa shape index (κ2) is 8.09. The monoisotopic (exact) mass is 322 g/mol. The average Bonchev–Trinajstić information content (AvgIpc) is 2.24. The average molecular weight is 322 g/mol. The standard InChI is InChI=1S/C8H18O9S2/c9-3-1-8(2-4-10)19(15,16)17-5-7(11)6-18(12,13)14/h7-11H,1-6H2,(H,12,13,14). The Morgan fingerprint density at radius 1 is 1.00 bits per heavy atom. The molecule has 0 fully saturated rings. The molecule has 0 amide bonds. The van der Waals surface area contributed by atoms with Crippen LogP contribution < -0.4 is 0 Å². The number of rotatable bonds is 10. The van der Waals surface area contributed by atoms with Gasteiger partial charge in [0.2, 0.25) is 0 Å². The van der Waals surface area contributed by atoms with E-state index in [0.717, 1.165) is 0 Å². The summed E-state index contributed by atoms with van der Waals surface area (Å²) >= 11 is 0. The highest BCUT2D eigenvalue weighted by molar-refractivity contribution is 7.87. The van der Waals surface area contributed by atoms with Gasteiger partial charge in [-0.3, -0.25) is 8.74 Å². The molecule has 0 aromatic carbocycles. The van der Waals surface area contributed by atoms with E-state index in [-0.39, 0.29) is 12.8 Å². The molecule has 1 atom stereocenters. The van der Waals surface area contributed by atoms with Crippen LogP contribution in [0.3, 0.4) is 0 Å². The van der Waals surface area contributed by atoms with E-state index < -0.39 is 57.2 Å². The third kappa shape index (κ3) is 8.47. The van der Waals surface area contributed by atoms with Crippen molar-refractivity contribution in [1.29, 1.82) is 0 Å². The summed E-state index contributed by atoms with van der Waals surface area (Å²) in [6.07, 6.45) is -2.01. The number of aliphatic hydroxyl groups is 3. The molecule has 0 aromatic rings. The minimum absolute atomic E-state index is 0.155. The molecule has 19 heavy (non-hydrogen) atoms. The molecule has 0 radical (unpaired) electrons. The maximum Gasteiger partial charge on any atom is 0.270 e. The first-order chi connectivity index (χ1) is 8.62. The third-order valence-electron chi connectivity index (χ3n) is 2.14. The van der Waals surface area contributed by atoms with Crippen LogP contribution in [0.2, 0.25) is 0 Å². The maximum atomic E-state index is 11.6. The molecule has 1 unspecified atom stereocenters. The highest BCUT2D eigenvalue weighted by Crippen LogP contribution is 2.13. The molecule has 0 aromatic heterocycles. The van der Waals surface area contributed by atoms with Crippen molar-refractivity contribution in [2.45, 2.75) is 24.2 Å². The second-order valence-electron chi connectivity index (χ2n) is 3.83. The van der Waals surface area contributed by atoms with Crippen molar-refractivity contribution in [1.82, 2.24) is 0 Å². The fourth-order valence-electron chi connectivity index (χ4n) is 1.28. The zero-order valence-corrected chi connectivity index (χ0v) is 11.7. The molecule has 0 spiro atoms. The van der Waals surface area contributed by atoms with Crippen LogP contribution in [0.5, 0.6) is 0 Å². The summed E-state index contributed by atoms with van der Waals surface area (Å²) in [5.74, 6) is -1.05. The first kappa shape index (κ1) is 18.7. The van der Waals surface area contributed by atoms with Gasteiger partial charge in [-0.15, -0.1) is 0 Å². The lowest BCUT2D eigenvalue weighted by molar-refractivity contribution is 0.124. The van der Waals surface area contributed by atoms with E-state index in [2.05, 4.69) is 4.18 Å². The van der Waals surface area contributed by atoms with Gasteiger partial charge in [0.25, 0.3) is 20.2 Å². The maximum absolute atomic E-state index is 11.6. The Morgan fingerprint density at radius 3 is 1.84 bits per heavy atom. The predicted molar refractivity (Wildman–Crippen MR) is 64.5 cm³/mol. The summed E-state index contributed by atoms with van der Waals surface area (Å²) in [5, 5.41) is 25.4. The first-order valence-electron chi connectivity index (χ1n) is 5.35. The van der Waals surface area contributed by atoms with Gasteiger partial charge in [-0.25, -0.2) is 0 Å². The van der Waals surface area contributed by atoms with Gasteiger partial charge in [0.05, 0.1) is 18.0 Å². The van der Waals surface area contributed by atoms with Crippen LogP contribution >= 0.6 is 0 Å². The fraction of sp³-hybridized carbons (Fsp3) is 1.00. The topological polar surface area (TPSA) is 158 Å². The summed E-state index contributed by atoms with van der Waals surface area (Å²) in [6.45, 7) is -1.70. The number of hydrogen-bond acceptors (Lipinski definition) is 8. The molecule has 0 aliphatic carbocycles. The molecule has 0 aliphatic heterocycles. The van der Waals surface area contributed by atoms with Crippen molar-refractivity contribution < 1.29 is 40.9 Å². The second-order valence-corrected chi connectivity index (χ2v) is 7.21. The molecule has 11 heteroatoms. The Bertz CT molecular complexity index is 435. The third-order valence-corrected chi connectivity index (χ3v) is 4.70. The highest BCUT2D eigenvalue weighted by Gasteiger charge is 2.27. The molecule has 0 rings (SSSR count). The minimum atomic E-state index is -4.44. The number of aliphatic hydroxyl groups excluding tert-OH is 3.